The molecule has 7 heteroatoms. The van der Waals surface area contributed by atoms with Gasteiger partial charge in [0.05, 0.1) is 18.7 Å². The number of carbonyl (C=O) groups is 2. The number of nitrogens with zero attached hydrogens (tertiary/aromatic N) is 2. The first kappa shape index (κ1) is 20.5. The van der Waals surface area contributed by atoms with Crippen molar-refractivity contribution < 1.29 is 23.8 Å². The highest BCUT2D eigenvalue weighted by molar-refractivity contribution is 6.46. The van der Waals surface area contributed by atoms with Crippen molar-refractivity contribution in [3.8, 4) is 5.75 Å². The van der Waals surface area contributed by atoms with Crippen molar-refractivity contribution in [3.05, 3.63) is 71.0 Å². The Balaban J connectivity index is 2.15. The summed E-state index contributed by atoms with van der Waals surface area (Å²) in [7, 11) is 5.27. The summed E-state index contributed by atoms with van der Waals surface area (Å²) in [6.07, 6.45) is 0. The molecule has 0 bridgehead atoms. The molecule has 29 heavy (non-hydrogen) atoms. The third-order valence-corrected chi connectivity index (χ3v) is 4.86. The van der Waals surface area contributed by atoms with Crippen LogP contribution in [0.25, 0.3) is 5.76 Å². The third-order valence-electron chi connectivity index (χ3n) is 4.86. The Bertz CT molecular complexity index is 954. The second kappa shape index (κ2) is 8.45. The van der Waals surface area contributed by atoms with Crippen molar-refractivity contribution in [2.75, 3.05) is 34.3 Å². The topological polar surface area (TPSA) is 70.1 Å². The SMILES string of the molecule is COc1cccc(C2/C(=C(/O)c3ccc(F)cc3)C(=O)C(=O)N2CCN(C)C)c1. The van der Waals surface area contributed by atoms with E-state index in [9.17, 15) is 19.1 Å². The van der Waals surface area contributed by atoms with Crippen LogP contribution in [0.1, 0.15) is 17.2 Å². The van der Waals surface area contributed by atoms with Crippen LogP contribution in [0.4, 0.5) is 4.39 Å². The molecule has 1 heterocycles. The molecule has 1 atom stereocenters. The summed E-state index contributed by atoms with van der Waals surface area (Å²) in [6.45, 7) is 0.851. The molecule has 3 rings (SSSR count). The van der Waals surface area contributed by atoms with Gasteiger partial charge in [0.1, 0.15) is 17.3 Å². The van der Waals surface area contributed by atoms with E-state index in [4.69, 9.17) is 4.74 Å². The molecule has 1 fully saturated rings. The molecule has 0 radical (unpaired) electrons. The number of likely N-dealkylation sites (tertiary alicyclic amines) is 1. The fourth-order valence-electron chi connectivity index (χ4n) is 3.34. The molecule has 1 unspecified atom stereocenters. The van der Waals surface area contributed by atoms with Crippen LogP contribution in [0.3, 0.4) is 0 Å². The molecule has 152 valence electrons. The second-order valence-electron chi connectivity index (χ2n) is 7.08. The zero-order valence-corrected chi connectivity index (χ0v) is 16.6. The molecule has 2 aromatic carbocycles. The first-order valence-corrected chi connectivity index (χ1v) is 9.16. The Morgan fingerprint density at radius 1 is 1.17 bits per heavy atom. The summed E-state index contributed by atoms with van der Waals surface area (Å²) < 4.78 is 18.6. The standard InChI is InChI=1S/C22H23FN2O4/c1-24(2)11-12-25-19(15-5-4-6-17(13-15)29-3)18(21(27)22(25)28)20(26)14-7-9-16(23)10-8-14/h4-10,13,19,26H,11-12H2,1-3H3/b20-18-. The lowest BCUT2D eigenvalue weighted by Crippen LogP contribution is -2.35. The average Bonchev–Trinajstić information content (AvgIpc) is 2.97. The third kappa shape index (κ3) is 4.14. The predicted molar refractivity (Wildman–Crippen MR) is 107 cm³/mol. The fraction of sp³-hybridized carbons (Fsp3) is 0.273. The van der Waals surface area contributed by atoms with Gasteiger partial charge in [-0.05, 0) is 56.1 Å². The van der Waals surface area contributed by atoms with Crippen molar-refractivity contribution in [1.29, 1.82) is 0 Å². The van der Waals surface area contributed by atoms with Crippen molar-refractivity contribution in [2.45, 2.75) is 6.04 Å². The molecule has 1 aliphatic rings. The second-order valence-corrected chi connectivity index (χ2v) is 7.08. The number of carbonyl (C=O) groups excluding carboxylic acids is 2. The molecule has 1 N–H and O–H groups in total. The molecular formula is C22H23FN2O4. The van der Waals surface area contributed by atoms with Crippen LogP contribution in [0.15, 0.2) is 54.1 Å². The minimum absolute atomic E-state index is 0.0198. The summed E-state index contributed by atoms with van der Waals surface area (Å²) in [5.41, 5.74) is 0.893. The number of aliphatic hydroxyl groups excluding tert-OH is 1. The van der Waals surface area contributed by atoms with Crippen LogP contribution < -0.4 is 4.74 Å². The van der Waals surface area contributed by atoms with Gasteiger partial charge < -0.3 is 19.6 Å². The Hall–Kier alpha value is -3.19. The molecule has 0 aromatic heterocycles. The van der Waals surface area contributed by atoms with Gasteiger partial charge in [-0.15, -0.1) is 0 Å². The highest BCUT2D eigenvalue weighted by Gasteiger charge is 2.46. The number of aliphatic hydroxyl groups is 1. The summed E-state index contributed by atoms with van der Waals surface area (Å²) >= 11 is 0. The number of ketones is 1. The molecular weight excluding hydrogens is 375 g/mol. The molecule has 2 aromatic rings. The number of hydrogen-bond acceptors (Lipinski definition) is 5. The molecule has 0 spiro atoms. The molecule has 6 nitrogen and oxygen atoms in total. The normalized spacial score (nSPS) is 18.5. The highest BCUT2D eigenvalue weighted by atomic mass is 19.1. The van der Waals surface area contributed by atoms with Gasteiger partial charge in [-0.25, -0.2) is 4.39 Å². The lowest BCUT2D eigenvalue weighted by Gasteiger charge is -2.26. The monoisotopic (exact) mass is 398 g/mol. The van der Waals surface area contributed by atoms with Crippen LogP contribution >= 0.6 is 0 Å². The van der Waals surface area contributed by atoms with E-state index < -0.39 is 23.5 Å². The van der Waals surface area contributed by atoms with Gasteiger partial charge >= 0.3 is 0 Å². The predicted octanol–water partition coefficient (Wildman–Crippen LogP) is 2.82. The van der Waals surface area contributed by atoms with Crippen molar-refractivity contribution in [2.24, 2.45) is 0 Å². The Morgan fingerprint density at radius 2 is 1.86 bits per heavy atom. The molecule has 0 aliphatic carbocycles. The minimum Gasteiger partial charge on any atom is -0.507 e. The number of Topliss-reactive ketones (excluding diaryl/α,β-unsaturated/α-hetero) is 1. The summed E-state index contributed by atoms with van der Waals surface area (Å²) in [5, 5.41) is 10.9. The number of likely N-dealkylation sites (N-methyl/N-ethyl adjacent to an activating group) is 1. The quantitative estimate of drug-likeness (QED) is 0.460. The van der Waals surface area contributed by atoms with Crippen molar-refractivity contribution in [3.63, 3.8) is 0 Å². The highest BCUT2D eigenvalue weighted by Crippen LogP contribution is 2.40. The fourth-order valence-corrected chi connectivity index (χ4v) is 3.34. The largest absolute Gasteiger partial charge is 0.507 e. The van der Waals surface area contributed by atoms with E-state index in [1.165, 1.54) is 36.3 Å². The molecule has 1 amide bonds. The number of amides is 1. The van der Waals surface area contributed by atoms with Gasteiger partial charge in [-0.3, -0.25) is 9.59 Å². The zero-order chi connectivity index (χ0) is 21.1. The Morgan fingerprint density at radius 3 is 2.48 bits per heavy atom. The molecule has 1 aliphatic heterocycles. The average molecular weight is 398 g/mol. The number of hydrogen-bond donors (Lipinski definition) is 1. The Kier molecular flexibility index (Phi) is 5.98. The molecule has 0 saturated carbocycles. The number of benzene rings is 2. The zero-order valence-electron chi connectivity index (χ0n) is 16.6. The van der Waals surface area contributed by atoms with Gasteiger partial charge in [0, 0.05) is 18.7 Å². The van der Waals surface area contributed by atoms with Gasteiger partial charge in [-0.2, -0.15) is 0 Å². The van der Waals surface area contributed by atoms with E-state index in [2.05, 4.69) is 0 Å². The van der Waals surface area contributed by atoms with Gasteiger partial charge in [0.15, 0.2) is 0 Å². The van der Waals surface area contributed by atoms with Crippen LogP contribution in [-0.4, -0.2) is 60.9 Å². The number of halogens is 1. The van der Waals surface area contributed by atoms with E-state index in [1.807, 2.05) is 19.0 Å². The van der Waals surface area contributed by atoms with Gasteiger partial charge in [0.25, 0.3) is 11.7 Å². The summed E-state index contributed by atoms with van der Waals surface area (Å²) in [6, 6.07) is 11.4. The summed E-state index contributed by atoms with van der Waals surface area (Å²) in [5.74, 6) is -1.66. The van der Waals surface area contributed by atoms with E-state index in [1.54, 1.807) is 24.3 Å². The van der Waals surface area contributed by atoms with Crippen LogP contribution in [0, 0.1) is 5.82 Å². The van der Waals surface area contributed by atoms with Crippen LogP contribution in [-0.2, 0) is 9.59 Å². The van der Waals surface area contributed by atoms with Crippen molar-refractivity contribution >= 4 is 17.4 Å². The van der Waals surface area contributed by atoms with E-state index in [0.717, 1.165) is 0 Å². The van der Waals surface area contributed by atoms with E-state index >= 15 is 0 Å². The van der Waals surface area contributed by atoms with Crippen molar-refractivity contribution in [1.82, 2.24) is 9.80 Å². The minimum atomic E-state index is -0.768. The summed E-state index contributed by atoms with van der Waals surface area (Å²) in [4.78, 5) is 29.0. The molecule has 1 saturated heterocycles. The maximum atomic E-state index is 13.3. The van der Waals surface area contributed by atoms with Gasteiger partial charge in [0.2, 0.25) is 0 Å². The maximum Gasteiger partial charge on any atom is 0.295 e. The first-order valence-electron chi connectivity index (χ1n) is 9.16. The Labute approximate surface area is 168 Å². The van der Waals surface area contributed by atoms with E-state index in [0.29, 0.717) is 24.4 Å². The maximum absolute atomic E-state index is 13.3. The number of ether oxygens (including phenoxy) is 1. The first-order chi connectivity index (χ1) is 13.8. The number of methoxy groups -OCH3 is 1. The van der Waals surface area contributed by atoms with E-state index in [-0.39, 0.29) is 16.9 Å². The lowest BCUT2D eigenvalue weighted by molar-refractivity contribution is -0.140. The van der Waals surface area contributed by atoms with Gasteiger partial charge in [-0.1, -0.05) is 12.1 Å². The lowest BCUT2D eigenvalue weighted by atomic mass is 9.95. The number of rotatable bonds is 6. The van der Waals surface area contributed by atoms with Crippen LogP contribution in [0.2, 0.25) is 0 Å². The van der Waals surface area contributed by atoms with Crippen LogP contribution in [0.5, 0.6) is 5.75 Å². The smallest absolute Gasteiger partial charge is 0.295 e.